The maximum Gasteiger partial charge on any atom is 0.335 e. The molecule has 0 aliphatic heterocycles. The van der Waals surface area contributed by atoms with Crippen LogP contribution in [0.15, 0.2) is 30.3 Å². The molecule has 4 aromatic rings. The van der Waals surface area contributed by atoms with E-state index in [2.05, 4.69) is 9.97 Å². The molecule has 6 nitrogen and oxygen atoms in total. The van der Waals surface area contributed by atoms with Crippen LogP contribution < -0.4 is 0 Å². The summed E-state index contributed by atoms with van der Waals surface area (Å²) >= 11 is 0. The van der Waals surface area contributed by atoms with Crippen LogP contribution in [-0.2, 0) is 14.1 Å². The van der Waals surface area contributed by atoms with E-state index in [1.54, 1.807) is 35.4 Å². The summed E-state index contributed by atoms with van der Waals surface area (Å²) in [6.07, 6.45) is 0. The molecular formula is C19H16F2N4O2. The van der Waals surface area contributed by atoms with Crippen molar-refractivity contribution in [3.05, 3.63) is 59.2 Å². The van der Waals surface area contributed by atoms with Crippen molar-refractivity contribution in [3.63, 3.8) is 0 Å². The number of benzene rings is 2. The number of fused-ring (bicyclic) bond motifs is 2. The lowest BCUT2D eigenvalue weighted by atomic mass is 10.1. The van der Waals surface area contributed by atoms with Crippen LogP contribution in [0.25, 0.3) is 22.1 Å². The molecule has 8 heteroatoms. The van der Waals surface area contributed by atoms with Crippen molar-refractivity contribution in [1.82, 2.24) is 19.1 Å². The first-order chi connectivity index (χ1) is 12.8. The topological polar surface area (TPSA) is 72.9 Å². The van der Waals surface area contributed by atoms with Gasteiger partial charge in [0.25, 0.3) is 0 Å². The fourth-order valence-electron chi connectivity index (χ4n) is 3.51. The second-order valence-corrected chi connectivity index (χ2v) is 6.54. The molecule has 0 bridgehead atoms. The van der Waals surface area contributed by atoms with E-state index in [0.29, 0.717) is 22.7 Å². The third-order valence-corrected chi connectivity index (χ3v) is 4.86. The van der Waals surface area contributed by atoms with Gasteiger partial charge in [0.1, 0.15) is 23.0 Å². The predicted molar refractivity (Wildman–Crippen MR) is 95.8 cm³/mol. The molecule has 0 saturated carbocycles. The van der Waals surface area contributed by atoms with Crippen molar-refractivity contribution < 1.29 is 18.7 Å². The number of imidazole rings is 2. The minimum absolute atomic E-state index is 0.171. The number of carboxylic acids is 1. The molecule has 138 valence electrons. The fraction of sp³-hybridized carbons (Fsp3) is 0.211. The zero-order valence-corrected chi connectivity index (χ0v) is 14.9. The average molecular weight is 370 g/mol. The zero-order valence-electron chi connectivity index (χ0n) is 14.9. The summed E-state index contributed by atoms with van der Waals surface area (Å²) in [6, 6.07) is 6.74. The van der Waals surface area contributed by atoms with Crippen molar-refractivity contribution in [3.8, 4) is 0 Å². The second kappa shape index (κ2) is 5.87. The molecule has 1 unspecified atom stereocenters. The highest BCUT2D eigenvalue weighted by molar-refractivity contribution is 5.92. The molecule has 2 aromatic carbocycles. The molecule has 0 radical (unpaired) electrons. The first kappa shape index (κ1) is 17.1. The van der Waals surface area contributed by atoms with Crippen LogP contribution in [0.4, 0.5) is 8.78 Å². The van der Waals surface area contributed by atoms with Gasteiger partial charge in [-0.2, -0.15) is 0 Å². The number of aromatic carboxylic acids is 1. The highest BCUT2D eigenvalue weighted by Crippen LogP contribution is 2.29. The number of carbonyl (C=O) groups is 1. The molecule has 2 aromatic heterocycles. The second-order valence-electron chi connectivity index (χ2n) is 6.54. The summed E-state index contributed by atoms with van der Waals surface area (Å²) in [7, 11) is 3.46. The van der Waals surface area contributed by atoms with Crippen molar-refractivity contribution in [1.29, 1.82) is 0 Å². The molecule has 0 fully saturated rings. The van der Waals surface area contributed by atoms with Gasteiger partial charge in [-0.15, -0.1) is 0 Å². The van der Waals surface area contributed by atoms with Gasteiger partial charge in [-0.1, -0.05) is 0 Å². The van der Waals surface area contributed by atoms with Crippen molar-refractivity contribution >= 4 is 28.0 Å². The summed E-state index contributed by atoms with van der Waals surface area (Å²) in [5, 5.41) is 9.19. The first-order valence-corrected chi connectivity index (χ1v) is 8.29. The van der Waals surface area contributed by atoms with Crippen molar-refractivity contribution in [2.75, 3.05) is 0 Å². The van der Waals surface area contributed by atoms with Crippen LogP contribution in [0, 0.1) is 11.6 Å². The zero-order chi connectivity index (χ0) is 19.5. The van der Waals surface area contributed by atoms with Gasteiger partial charge in [0.15, 0.2) is 5.82 Å². The van der Waals surface area contributed by atoms with Crippen LogP contribution in [0.5, 0.6) is 0 Å². The van der Waals surface area contributed by atoms with Crippen LogP contribution in [0.1, 0.15) is 34.8 Å². The molecule has 0 amide bonds. The Hall–Kier alpha value is -3.29. The lowest BCUT2D eigenvalue weighted by molar-refractivity contribution is 0.0697. The number of rotatable bonds is 3. The Morgan fingerprint density at radius 3 is 2.41 bits per heavy atom. The summed E-state index contributed by atoms with van der Waals surface area (Å²) in [4.78, 5) is 20.2. The van der Waals surface area contributed by atoms with E-state index in [1.807, 2.05) is 6.92 Å². The molecule has 4 rings (SSSR count). The van der Waals surface area contributed by atoms with Crippen LogP contribution in [0.2, 0.25) is 0 Å². The minimum Gasteiger partial charge on any atom is -0.478 e. The minimum atomic E-state index is -1.01. The Bertz CT molecular complexity index is 1230. The number of nitrogens with zero attached hydrogens (tertiary/aromatic N) is 4. The lowest BCUT2D eigenvalue weighted by Crippen LogP contribution is -2.10. The van der Waals surface area contributed by atoms with Gasteiger partial charge >= 0.3 is 5.97 Å². The molecule has 0 aliphatic rings. The van der Waals surface area contributed by atoms with Gasteiger partial charge < -0.3 is 14.2 Å². The summed E-state index contributed by atoms with van der Waals surface area (Å²) in [5.41, 5.74) is 1.96. The van der Waals surface area contributed by atoms with Gasteiger partial charge in [-0.3, -0.25) is 0 Å². The number of aryl methyl sites for hydroxylation is 2. The van der Waals surface area contributed by atoms with Gasteiger partial charge in [0.05, 0.1) is 28.0 Å². The maximum atomic E-state index is 14.2. The monoisotopic (exact) mass is 370 g/mol. The Morgan fingerprint density at radius 1 is 1.04 bits per heavy atom. The molecule has 0 spiro atoms. The molecule has 1 atom stereocenters. The largest absolute Gasteiger partial charge is 0.478 e. The third-order valence-electron chi connectivity index (χ3n) is 4.86. The third kappa shape index (κ3) is 2.56. The molecule has 1 N–H and O–H groups in total. The molecule has 0 saturated heterocycles. The van der Waals surface area contributed by atoms with Gasteiger partial charge in [0, 0.05) is 26.2 Å². The van der Waals surface area contributed by atoms with E-state index >= 15 is 0 Å². The Morgan fingerprint density at radius 2 is 1.70 bits per heavy atom. The number of carboxylic acid groups (broad SMARTS) is 1. The SMILES string of the molecule is CC(c1nc2ccc(C(=O)O)cc2n1C)c1nc2cc(F)cc(F)c2n1C. The van der Waals surface area contributed by atoms with Gasteiger partial charge in [-0.05, 0) is 25.1 Å². The standard InChI is InChI=1S/C19H16F2N4O2/c1-9(18-23-14-8-11(20)7-12(21)16(14)25(18)3)17-22-13-5-4-10(19(26)27)6-15(13)24(17)2/h4-9H,1-3H3,(H,26,27). The predicted octanol–water partition coefficient (Wildman–Crippen LogP) is 3.59. The number of halogens is 2. The smallest absolute Gasteiger partial charge is 0.335 e. The Balaban J connectivity index is 1.88. The van der Waals surface area contributed by atoms with Crippen LogP contribution >= 0.6 is 0 Å². The number of hydrogen-bond acceptors (Lipinski definition) is 3. The average Bonchev–Trinajstić information content (AvgIpc) is 3.11. The summed E-state index contributed by atoms with van der Waals surface area (Å²) in [6.45, 7) is 1.87. The van der Waals surface area contributed by atoms with Crippen molar-refractivity contribution in [2.45, 2.75) is 12.8 Å². The molecule has 0 aliphatic carbocycles. The number of aromatic nitrogens is 4. The molecular weight excluding hydrogens is 354 g/mol. The van der Waals surface area contributed by atoms with E-state index in [-0.39, 0.29) is 22.5 Å². The van der Waals surface area contributed by atoms with E-state index in [1.165, 1.54) is 12.1 Å². The summed E-state index contributed by atoms with van der Waals surface area (Å²) in [5.74, 6) is -1.51. The van der Waals surface area contributed by atoms with E-state index in [9.17, 15) is 18.7 Å². The lowest BCUT2D eigenvalue weighted by Gasteiger charge is -2.12. The Kier molecular flexibility index (Phi) is 3.73. The normalized spacial score (nSPS) is 12.8. The van der Waals surface area contributed by atoms with Crippen LogP contribution in [-0.4, -0.2) is 30.2 Å². The maximum absolute atomic E-state index is 14.2. The fourth-order valence-corrected chi connectivity index (χ4v) is 3.51. The van der Waals surface area contributed by atoms with E-state index in [4.69, 9.17) is 0 Å². The first-order valence-electron chi connectivity index (χ1n) is 8.29. The Labute approximate surface area is 152 Å². The van der Waals surface area contributed by atoms with Crippen molar-refractivity contribution in [2.24, 2.45) is 14.1 Å². The number of hydrogen-bond donors (Lipinski definition) is 1. The van der Waals surface area contributed by atoms with E-state index < -0.39 is 17.6 Å². The van der Waals surface area contributed by atoms with Crippen LogP contribution in [0.3, 0.4) is 0 Å². The summed E-state index contributed by atoms with van der Waals surface area (Å²) < 4.78 is 31.1. The van der Waals surface area contributed by atoms with E-state index in [0.717, 1.165) is 6.07 Å². The highest BCUT2D eigenvalue weighted by Gasteiger charge is 2.23. The quantitative estimate of drug-likeness (QED) is 0.598. The van der Waals surface area contributed by atoms with Gasteiger partial charge in [-0.25, -0.2) is 23.5 Å². The highest BCUT2D eigenvalue weighted by atomic mass is 19.1. The van der Waals surface area contributed by atoms with Gasteiger partial charge in [0.2, 0.25) is 0 Å². The molecule has 27 heavy (non-hydrogen) atoms. The molecule has 2 heterocycles.